The highest BCUT2D eigenvalue weighted by Gasteiger charge is 2.39. The van der Waals surface area contributed by atoms with Crippen LogP contribution in [-0.4, -0.2) is 196 Å². The lowest BCUT2D eigenvalue weighted by Gasteiger charge is -2.47. The van der Waals surface area contributed by atoms with Crippen LogP contribution < -0.4 is 51.5 Å². The Labute approximate surface area is 596 Å². The molecule has 5 aromatic rings. The smallest absolute Gasteiger partial charge is 0.410 e. The van der Waals surface area contributed by atoms with Gasteiger partial charge in [-0.3, -0.25) is 34.7 Å². The third-order valence-corrected chi connectivity index (χ3v) is 17.6. The van der Waals surface area contributed by atoms with E-state index in [2.05, 4.69) is 174 Å². The summed E-state index contributed by atoms with van der Waals surface area (Å²) in [5.74, 6) is -0.692. The van der Waals surface area contributed by atoms with Gasteiger partial charge < -0.3 is 60.0 Å². The van der Waals surface area contributed by atoms with E-state index < -0.39 is 16.8 Å². The normalized spacial score (nSPS) is 18.6. The van der Waals surface area contributed by atoms with Gasteiger partial charge in [0.15, 0.2) is 0 Å². The SMILES string of the molecule is CC(C)(C)OC(=O)NC1CN(c2ccccc2)C1.CC(C)(C)OC(=O)NC1CNC1.CN(C(=O)OC(C)(C)C)C1CN(c2ccccc2)C1.CN(C1CN(c2ccccc2)C1)C1CCC(=O)NC1=O.CNC1CN(c2ccccc2)C1.Ic1ccccc1.O=C1CCC(Br)C(=O)N1. The van der Waals surface area contributed by atoms with Crippen LogP contribution in [0.25, 0.3) is 0 Å². The Kier molecular flexibility index (Phi) is 30.7. The van der Waals surface area contributed by atoms with Gasteiger partial charge in [-0.2, -0.15) is 0 Å². The second-order valence-corrected chi connectivity index (χ2v) is 29.9. The van der Waals surface area contributed by atoms with Crippen molar-refractivity contribution in [2.75, 3.05) is 106 Å². The van der Waals surface area contributed by atoms with Crippen molar-refractivity contribution in [3.05, 3.63) is 155 Å². The molecule has 7 amide bonds. The van der Waals surface area contributed by atoms with E-state index in [1.54, 1.807) is 11.9 Å². The Morgan fingerprint density at radius 1 is 0.485 bits per heavy atom. The third-order valence-electron chi connectivity index (χ3n) is 16.0. The number of hydrogen-bond donors (Lipinski definition) is 6. The van der Waals surface area contributed by atoms with Gasteiger partial charge in [0.1, 0.15) is 16.8 Å². The number of rotatable bonds is 10. The summed E-state index contributed by atoms with van der Waals surface area (Å²) in [6.07, 6.45) is 1.23. The summed E-state index contributed by atoms with van der Waals surface area (Å²) in [5, 5.41) is 16.6. The first-order valence-electron chi connectivity index (χ1n) is 33.2. The van der Waals surface area contributed by atoms with Gasteiger partial charge in [-0.15, -0.1) is 0 Å². The minimum atomic E-state index is -0.438. The van der Waals surface area contributed by atoms with E-state index in [-0.39, 0.29) is 70.9 Å². The standard InChI is InChI=1S/C15H19N3O2.C15H22N2O2.C14H20N2O2.C10H14N2.C8H16N2O2.C6H5I.C5H6BrNO2/c1-17(13-7-8-14(19)16-15(13)20)12-9-18(10-12)11-5-3-2-4-6-11;1-15(2,3)19-14(18)16(4)13-10-17(11-13)12-8-6-5-7-9-12;1-14(2,3)18-13(17)15-11-9-16(10-11)12-7-5-4-6-8-12;1-11-9-7-12(8-9)10-5-3-2-4-6-10;1-8(2,3)12-7(11)10-6-4-9-5-6;7-6-4-2-1-3-5-6;6-3-1-2-4(8)7-5(3)9/h2-6,12-13H,7-10H2,1H3,(H,16,19,20);5-9,13H,10-11H2,1-4H3;4-8,11H,9-10H2,1-3H3,(H,15,17);2-6,9,11H,7-8H2,1H3;6,9H,4-5H2,1-3H3,(H,10,11);1-5H;3H,1-2H2,(H,7,8,9). The van der Waals surface area contributed by atoms with E-state index in [0.29, 0.717) is 37.8 Å². The number of carbonyl (C=O) groups is 7. The number of alkyl halides is 1. The first-order chi connectivity index (χ1) is 45.9. The van der Waals surface area contributed by atoms with E-state index in [1.165, 1.54) is 26.3 Å². The highest BCUT2D eigenvalue weighted by atomic mass is 127. The number of halogens is 2. The van der Waals surface area contributed by atoms with E-state index >= 15 is 0 Å². The molecule has 12 rings (SSSR count). The zero-order chi connectivity index (χ0) is 70.9. The fourth-order valence-electron chi connectivity index (χ4n) is 10.3. The molecule has 2 unspecified atom stereocenters. The monoisotopic (exact) mass is 1510 g/mol. The molecule has 0 bridgehead atoms. The van der Waals surface area contributed by atoms with E-state index in [0.717, 1.165) is 65.4 Å². The maximum absolute atomic E-state index is 11.9. The van der Waals surface area contributed by atoms with Crippen LogP contribution in [0.1, 0.15) is 88.0 Å². The van der Waals surface area contributed by atoms with Crippen molar-refractivity contribution in [3.63, 3.8) is 0 Å². The molecule has 528 valence electrons. The summed E-state index contributed by atoms with van der Waals surface area (Å²) in [6, 6.07) is 53.0. The zero-order valence-corrected chi connectivity index (χ0v) is 62.1. The van der Waals surface area contributed by atoms with E-state index in [4.69, 9.17) is 14.2 Å². The van der Waals surface area contributed by atoms with E-state index in [9.17, 15) is 33.6 Å². The Morgan fingerprint density at radius 2 is 0.835 bits per heavy atom. The molecule has 0 aromatic heterocycles. The molecule has 0 aliphatic carbocycles. The molecular weight excluding hydrogens is 1410 g/mol. The minimum Gasteiger partial charge on any atom is -0.444 e. The number of ether oxygens (including phenoxy) is 3. The quantitative estimate of drug-likeness (QED) is 0.0330. The summed E-state index contributed by atoms with van der Waals surface area (Å²) < 4.78 is 16.9. The summed E-state index contributed by atoms with van der Waals surface area (Å²) in [5.41, 5.74) is 3.68. The molecule has 0 radical (unpaired) electrons. The minimum absolute atomic E-state index is 0.151. The number of imide groups is 2. The topological polar surface area (TPSA) is 239 Å². The number of anilines is 4. The van der Waals surface area contributed by atoms with Crippen molar-refractivity contribution >= 4 is 103 Å². The molecule has 7 aliphatic rings. The Morgan fingerprint density at radius 3 is 1.16 bits per heavy atom. The fourth-order valence-corrected chi connectivity index (χ4v) is 11.0. The number of nitrogens with zero attached hydrogens (tertiary/aromatic N) is 6. The molecule has 7 fully saturated rings. The molecule has 22 nitrogen and oxygen atoms in total. The molecule has 0 spiro atoms. The zero-order valence-electron chi connectivity index (χ0n) is 58.4. The third kappa shape index (κ3) is 28.1. The average molecular weight is 1510 g/mol. The van der Waals surface area contributed by atoms with Gasteiger partial charge in [-0.1, -0.05) is 107 Å². The van der Waals surface area contributed by atoms with Gasteiger partial charge in [0, 0.05) is 124 Å². The van der Waals surface area contributed by atoms with Crippen LogP contribution in [0.4, 0.5) is 37.1 Å². The number of para-hydroxylation sites is 4. The molecule has 7 aliphatic heterocycles. The maximum Gasteiger partial charge on any atom is 0.410 e. The number of piperidine rings is 2. The molecule has 5 aromatic carbocycles. The van der Waals surface area contributed by atoms with Gasteiger partial charge in [0.05, 0.1) is 29.0 Å². The number of carbonyl (C=O) groups excluding carboxylic acids is 7. The van der Waals surface area contributed by atoms with Crippen LogP contribution in [0.15, 0.2) is 152 Å². The van der Waals surface area contributed by atoms with Crippen molar-refractivity contribution in [2.24, 2.45) is 0 Å². The summed E-state index contributed by atoms with van der Waals surface area (Å²) >= 11 is 5.40. The number of hydrogen-bond acceptors (Lipinski definition) is 17. The number of alkyl carbamates (subject to hydrolysis) is 2. The first-order valence-corrected chi connectivity index (χ1v) is 35.2. The largest absolute Gasteiger partial charge is 0.444 e. The first kappa shape index (κ1) is 78.5. The van der Waals surface area contributed by atoms with Gasteiger partial charge in [0.2, 0.25) is 23.6 Å². The Bertz CT molecular complexity index is 3230. The average Bonchev–Trinajstić information content (AvgIpc) is 0.861. The van der Waals surface area contributed by atoms with Crippen LogP contribution in [0, 0.1) is 3.57 Å². The number of benzene rings is 5. The lowest BCUT2D eigenvalue weighted by Crippen LogP contribution is -2.64. The summed E-state index contributed by atoms with van der Waals surface area (Å²) in [6.45, 7) is 26.0. The van der Waals surface area contributed by atoms with Crippen molar-refractivity contribution in [3.8, 4) is 0 Å². The number of nitrogens with one attached hydrogen (secondary N) is 6. The maximum atomic E-state index is 11.9. The van der Waals surface area contributed by atoms with Crippen molar-refractivity contribution < 1.29 is 47.8 Å². The highest BCUT2D eigenvalue weighted by Crippen LogP contribution is 2.27. The predicted octanol–water partition coefficient (Wildman–Crippen LogP) is 9.81. The molecule has 0 saturated carbocycles. The molecule has 2 atom stereocenters. The Hall–Kier alpha value is -7.52. The Balaban J connectivity index is 0.000000183. The second kappa shape index (κ2) is 38.0. The summed E-state index contributed by atoms with van der Waals surface area (Å²) in [4.78, 5) is 91.5. The molecule has 6 N–H and O–H groups in total. The highest BCUT2D eigenvalue weighted by molar-refractivity contribution is 14.1. The fraction of sp³-hybridized carbons (Fsp3) is 0.493. The van der Waals surface area contributed by atoms with Gasteiger partial charge in [-0.25, -0.2) is 14.4 Å². The second-order valence-electron chi connectivity index (χ2n) is 27.5. The predicted molar refractivity (Wildman–Crippen MR) is 396 cm³/mol. The lowest BCUT2D eigenvalue weighted by molar-refractivity contribution is -0.138. The molecule has 7 heterocycles. The van der Waals surface area contributed by atoms with Gasteiger partial charge >= 0.3 is 18.3 Å². The van der Waals surface area contributed by atoms with Crippen LogP contribution in [0.3, 0.4) is 0 Å². The molecule has 97 heavy (non-hydrogen) atoms. The van der Waals surface area contributed by atoms with Gasteiger partial charge in [-0.05, 0) is 173 Å². The van der Waals surface area contributed by atoms with Crippen molar-refractivity contribution in [1.82, 2.24) is 41.7 Å². The van der Waals surface area contributed by atoms with Crippen LogP contribution in [0.5, 0.6) is 0 Å². The van der Waals surface area contributed by atoms with Crippen molar-refractivity contribution in [2.45, 2.75) is 146 Å². The van der Waals surface area contributed by atoms with E-state index in [1.807, 2.05) is 149 Å². The molecule has 24 heteroatoms. The van der Waals surface area contributed by atoms with Crippen LogP contribution >= 0.6 is 38.5 Å². The molecule has 7 saturated heterocycles. The van der Waals surface area contributed by atoms with Crippen molar-refractivity contribution in [1.29, 1.82) is 0 Å². The van der Waals surface area contributed by atoms with Crippen LogP contribution in [0.2, 0.25) is 0 Å². The van der Waals surface area contributed by atoms with Gasteiger partial charge in [0.25, 0.3) is 0 Å². The molecular formula is C73H102BrIN12O10. The summed E-state index contributed by atoms with van der Waals surface area (Å²) in [7, 11) is 5.81. The lowest BCUT2D eigenvalue weighted by atomic mass is 9.99. The number of likely N-dealkylation sites (N-methyl/N-ethyl adjacent to an activating group) is 3. The van der Waals surface area contributed by atoms with Crippen LogP contribution in [-0.2, 0) is 33.4 Å². The number of amides is 7.